The molecule has 0 spiro atoms. The normalized spacial score (nSPS) is 11.3. The van der Waals surface area contributed by atoms with E-state index < -0.39 is 10.1 Å². The quantitative estimate of drug-likeness (QED) is 0.646. The summed E-state index contributed by atoms with van der Waals surface area (Å²) in [7, 11) is -4.04. The maximum absolute atomic E-state index is 12.5. The Kier molecular flexibility index (Phi) is 3.95. The number of hydrogen-bond donors (Lipinski definition) is 0. The first kappa shape index (κ1) is 14.7. The van der Waals surface area contributed by atoms with Crippen LogP contribution in [0.25, 0.3) is 11.3 Å². The van der Waals surface area contributed by atoms with Crippen molar-refractivity contribution in [2.24, 2.45) is 0 Å². The molecule has 0 atom stereocenters. The number of hydrogen-bond acceptors (Lipinski definition) is 6. The van der Waals surface area contributed by atoms with Gasteiger partial charge in [-0.25, -0.2) is 0 Å². The second-order valence-electron chi connectivity index (χ2n) is 4.25. The number of rotatable bonds is 4. The highest BCUT2D eigenvalue weighted by Crippen LogP contribution is 2.29. The molecule has 2 aromatic heterocycles. The van der Waals surface area contributed by atoms with Crippen LogP contribution in [-0.2, 0) is 10.1 Å². The fourth-order valence-corrected chi connectivity index (χ4v) is 3.31. The summed E-state index contributed by atoms with van der Waals surface area (Å²) in [4.78, 5) is 3.86. The summed E-state index contributed by atoms with van der Waals surface area (Å²) in [5.74, 6) is 0.455. The van der Waals surface area contributed by atoms with Crippen LogP contribution >= 0.6 is 15.9 Å². The van der Waals surface area contributed by atoms with Crippen molar-refractivity contribution in [3.63, 3.8) is 0 Å². The van der Waals surface area contributed by atoms with Crippen LogP contribution in [0, 0.1) is 0 Å². The van der Waals surface area contributed by atoms with Gasteiger partial charge in [-0.15, -0.1) is 0 Å². The Bertz CT molecular complexity index is 895. The highest BCUT2D eigenvalue weighted by atomic mass is 79.9. The lowest BCUT2D eigenvalue weighted by Crippen LogP contribution is -2.11. The van der Waals surface area contributed by atoms with Gasteiger partial charge in [0.1, 0.15) is 4.90 Å². The molecule has 6 nitrogen and oxygen atoms in total. The molecule has 0 unspecified atom stereocenters. The molecular weight excluding hydrogens is 372 g/mol. The molecule has 0 saturated carbocycles. The third-order valence-electron chi connectivity index (χ3n) is 2.75. The van der Waals surface area contributed by atoms with Crippen molar-refractivity contribution in [2.75, 3.05) is 0 Å². The van der Waals surface area contributed by atoms with Crippen LogP contribution in [0.2, 0.25) is 0 Å². The van der Waals surface area contributed by atoms with Crippen LogP contribution in [0.3, 0.4) is 0 Å². The van der Waals surface area contributed by atoms with Gasteiger partial charge in [0.05, 0.1) is 12.4 Å². The van der Waals surface area contributed by atoms with E-state index in [1.807, 2.05) is 0 Å². The Morgan fingerprint density at radius 3 is 2.68 bits per heavy atom. The van der Waals surface area contributed by atoms with Crippen molar-refractivity contribution in [1.29, 1.82) is 0 Å². The highest BCUT2D eigenvalue weighted by Gasteiger charge is 2.23. The maximum Gasteiger partial charge on any atom is 0.340 e. The smallest absolute Gasteiger partial charge is 0.340 e. The molecule has 0 aliphatic heterocycles. The summed E-state index contributed by atoms with van der Waals surface area (Å²) in [6, 6.07) is 9.47. The molecule has 0 N–H and O–H groups in total. The van der Waals surface area contributed by atoms with E-state index in [-0.39, 0.29) is 10.6 Å². The molecule has 0 fully saturated rings. The minimum absolute atomic E-state index is 0.00766. The number of pyridine rings is 1. The molecule has 2 heterocycles. The van der Waals surface area contributed by atoms with E-state index >= 15 is 0 Å². The number of halogens is 1. The van der Waals surface area contributed by atoms with Crippen LogP contribution < -0.4 is 4.18 Å². The van der Waals surface area contributed by atoms with Gasteiger partial charge in [0.25, 0.3) is 0 Å². The number of nitrogens with zero attached hydrogens (tertiary/aromatic N) is 2. The third-order valence-corrected chi connectivity index (χ3v) is 4.49. The van der Waals surface area contributed by atoms with E-state index in [0.717, 1.165) is 0 Å². The molecule has 0 radical (unpaired) electrons. The Morgan fingerprint density at radius 1 is 1.14 bits per heavy atom. The van der Waals surface area contributed by atoms with Gasteiger partial charge in [-0.3, -0.25) is 4.98 Å². The molecule has 22 heavy (non-hydrogen) atoms. The Labute approximate surface area is 135 Å². The van der Waals surface area contributed by atoms with Crippen molar-refractivity contribution in [1.82, 2.24) is 10.1 Å². The zero-order valence-corrected chi connectivity index (χ0v) is 13.4. The second-order valence-corrected chi connectivity index (χ2v) is 6.68. The molecule has 0 amide bonds. The van der Waals surface area contributed by atoms with Crippen LogP contribution in [0.5, 0.6) is 5.75 Å². The Balaban J connectivity index is 2.03. The first-order chi connectivity index (χ1) is 10.6. The average Bonchev–Trinajstić information content (AvgIpc) is 3.01. The monoisotopic (exact) mass is 380 g/mol. The van der Waals surface area contributed by atoms with E-state index in [2.05, 4.69) is 26.1 Å². The standard InChI is InChI=1S/C14H9BrN2O4S/c15-10-7-11(9-16-8-10)21-22(18,19)14-4-2-1-3-12(14)13-5-6-17-20-13/h1-9H. The summed E-state index contributed by atoms with van der Waals surface area (Å²) in [6.45, 7) is 0. The van der Waals surface area contributed by atoms with Crippen molar-refractivity contribution in [2.45, 2.75) is 4.90 Å². The van der Waals surface area contributed by atoms with Gasteiger partial charge in [-0.05, 0) is 34.1 Å². The van der Waals surface area contributed by atoms with Crippen LogP contribution in [0.1, 0.15) is 0 Å². The zero-order valence-electron chi connectivity index (χ0n) is 11.0. The molecule has 8 heteroatoms. The second kappa shape index (κ2) is 5.90. The van der Waals surface area contributed by atoms with Gasteiger partial charge in [0.2, 0.25) is 0 Å². The minimum Gasteiger partial charge on any atom is -0.377 e. The van der Waals surface area contributed by atoms with Crippen molar-refractivity contribution in [3.8, 4) is 17.1 Å². The largest absolute Gasteiger partial charge is 0.377 e. The van der Waals surface area contributed by atoms with E-state index in [1.54, 1.807) is 24.3 Å². The van der Waals surface area contributed by atoms with Crippen molar-refractivity contribution < 1.29 is 17.1 Å². The lowest BCUT2D eigenvalue weighted by Gasteiger charge is -2.09. The number of benzene rings is 1. The van der Waals surface area contributed by atoms with Gasteiger partial charge < -0.3 is 8.71 Å². The van der Waals surface area contributed by atoms with Crippen molar-refractivity contribution in [3.05, 3.63) is 59.5 Å². The van der Waals surface area contributed by atoms with E-state index in [1.165, 1.54) is 30.7 Å². The van der Waals surface area contributed by atoms with Gasteiger partial charge in [-0.1, -0.05) is 17.3 Å². The fraction of sp³-hybridized carbons (Fsp3) is 0. The van der Waals surface area contributed by atoms with Gasteiger partial charge in [0, 0.05) is 22.3 Å². The Hall–Kier alpha value is -2.19. The van der Waals surface area contributed by atoms with Gasteiger partial charge in [-0.2, -0.15) is 8.42 Å². The molecule has 1 aromatic carbocycles. The Morgan fingerprint density at radius 2 is 1.95 bits per heavy atom. The summed E-state index contributed by atoms with van der Waals surface area (Å²) in [5.41, 5.74) is 0.378. The lowest BCUT2D eigenvalue weighted by atomic mass is 10.2. The fourth-order valence-electron chi connectivity index (χ4n) is 1.85. The van der Waals surface area contributed by atoms with E-state index in [9.17, 15) is 8.42 Å². The maximum atomic E-state index is 12.5. The van der Waals surface area contributed by atoms with Crippen LogP contribution in [0.4, 0.5) is 0 Å². The highest BCUT2D eigenvalue weighted by molar-refractivity contribution is 9.10. The van der Waals surface area contributed by atoms with E-state index in [4.69, 9.17) is 8.71 Å². The lowest BCUT2D eigenvalue weighted by molar-refractivity contribution is 0.430. The topological polar surface area (TPSA) is 82.3 Å². The SMILES string of the molecule is O=S(=O)(Oc1cncc(Br)c1)c1ccccc1-c1ccno1. The summed E-state index contributed by atoms with van der Waals surface area (Å²) in [5, 5.41) is 3.59. The predicted molar refractivity (Wildman–Crippen MR) is 81.7 cm³/mol. The summed E-state index contributed by atoms with van der Waals surface area (Å²) >= 11 is 3.21. The summed E-state index contributed by atoms with van der Waals surface area (Å²) in [6.07, 6.45) is 4.29. The van der Waals surface area contributed by atoms with Gasteiger partial charge in [0.15, 0.2) is 11.5 Å². The average molecular weight is 381 g/mol. The van der Waals surface area contributed by atoms with Crippen LogP contribution in [0.15, 0.2) is 68.9 Å². The first-order valence-corrected chi connectivity index (χ1v) is 8.31. The first-order valence-electron chi connectivity index (χ1n) is 6.11. The van der Waals surface area contributed by atoms with Crippen LogP contribution in [-0.4, -0.2) is 18.6 Å². The molecule has 0 saturated heterocycles. The molecule has 3 rings (SSSR count). The zero-order chi connectivity index (χ0) is 15.6. The minimum atomic E-state index is -4.04. The van der Waals surface area contributed by atoms with E-state index in [0.29, 0.717) is 15.8 Å². The third kappa shape index (κ3) is 3.02. The number of aromatic nitrogens is 2. The van der Waals surface area contributed by atoms with Crippen molar-refractivity contribution >= 4 is 26.0 Å². The summed E-state index contributed by atoms with van der Waals surface area (Å²) < 4.78 is 35.8. The molecule has 112 valence electrons. The van der Waals surface area contributed by atoms with Gasteiger partial charge >= 0.3 is 10.1 Å². The molecule has 0 bridgehead atoms. The predicted octanol–water partition coefficient (Wildman–Crippen LogP) is 3.27. The molecular formula is C14H9BrN2O4S. The molecule has 0 aliphatic carbocycles. The molecule has 0 aliphatic rings. The molecule has 3 aromatic rings.